The molecular formula is C11H13NO2S. The fourth-order valence-corrected chi connectivity index (χ4v) is 1.86. The summed E-state index contributed by atoms with van der Waals surface area (Å²) in [4.78, 5) is 21.1. The smallest absolute Gasteiger partial charge is 0.216 e. The first-order chi connectivity index (χ1) is 7.24. The lowest BCUT2D eigenvalue weighted by Crippen LogP contribution is -2.20. The van der Waals surface area contributed by atoms with E-state index in [0.717, 1.165) is 23.8 Å². The van der Waals surface area contributed by atoms with Gasteiger partial charge in [0.05, 0.1) is 0 Å². The zero-order valence-corrected chi connectivity index (χ0v) is 9.34. The van der Waals surface area contributed by atoms with Crippen LogP contribution in [0.25, 0.3) is 6.08 Å². The Morgan fingerprint density at radius 3 is 2.87 bits per heavy atom. The lowest BCUT2D eigenvalue weighted by atomic mass is 10.2. The van der Waals surface area contributed by atoms with Crippen LogP contribution in [0.2, 0.25) is 0 Å². The highest BCUT2D eigenvalue weighted by Gasteiger charge is 1.97. The largest absolute Gasteiger partial charge is 0.356 e. The fraction of sp³-hybridized carbons (Fsp3) is 0.273. The minimum Gasteiger partial charge on any atom is -0.356 e. The first-order valence-corrected chi connectivity index (χ1v) is 5.60. The maximum Gasteiger partial charge on any atom is 0.216 e. The molecule has 0 fully saturated rings. The molecule has 0 unspecified atom stereocenters. The van der Waals surface area contributed by atoms with E-state index in [9.17, 15) is 9.59 Å². The Bertz CT molecular complexity index is 368. The van der Waals surface area contributed by atoms with Crippen molar-refractivity contribution in [1.29, 1.82) is 0 Å². The lowest BCUT2D eigenvalue weighted by molar-refractivity contribution is -0.118. The van der Waals surface area contributed by atoms with Gasteiger partial charge < -0.3 is 5.32 Å². The first kappa shape index (κ1) is 11.7. The Kier molecular flexibility index (Phi) is 4.77. The maximum atomic E-state index is 10.6. The molecule has 0 atom stereocenters. The summed E-state index contributed by atoms with van der Waals surface area (Å²) in [6, 6.07) is 0. The third-order valence-corrected chi connectivity index (χ3v) is 2.61. The van der Waals surface area contributed by atoms with E-state index in [4.69, 9.17) is 0 Å². The predicted molar refractivity (Wildman–Crippen MR) is 62.0 cm³/mol. The van der Waals surface area contributed by atoms with Crippen molar-refractivity contribution in [2.24, 2.45) is 0 Å². The van der Waals surface area contributed by atoms with Crippen LogP contribution in [-0.4, -0.2) is 18.7 Å². The molecule has 0 radical (unpaired) electrons. The number of carbonyl (C=O) groups is 2. The van der Waals surface area contributed by atoms with Gasteiger partial charge in [0.2, 0.25) is 5.91 Å². The summed E-state index contributed by atoms with van der Waals surface area (Å²) in [5.74, 6) is -0.0208. The first-order valence-electron chi connectivity index (χ1n) is 4.66. The topological polar surface area (TPSA) is 46.2 Å². The molecule has 0 aliphatic heterocycles. The molecule has 0 aliphatic rings. The van der Waals surface area contributed by atoms with Crippen molar-refractivity contribution in [1.82, 2.24) is 5.32 Å². The Morgan fingerprint density at radius 1 is 1.47 bits per heavy atom. The zero-order valence-electron chi connectivity index (χ0n) is 8.53. The molecule has 3 nitrogen and oxygen atoms in total. The summed E-state index contributed by atoms with van der Waals surface area (Å²) in [5.41, 5.74) is 1.66. The summed E-state index contributed by atoms with van der Waals surface area (Å²) >= 11 is 1.51. The number of amides is 1. The van der Waals surface area contributed by atoms with Crippen molar-refractivity contribution in [3.8, 4) is 0 Å². The second kappa shape index (κ2) is 6.14. The fourth-order valence-electron chi connectivity index (χ4n) is 1.09. The van der Waals surface area contributed by atoms with E-state index in [1.807, 2.05) is 22.9 Å². The standard InChI is InChI=1S/C11H13NO2S/c1-9(14)12-5-3-2-4-10-7-15-8-11(10)6-13/h2,4,6-8H,3,5H2,1H3,(H,12,14). The number of thiophene rings is 1. The highest BCUT2D eigenvalue weighted by atomic mass is 32.1. The minimum absolute atomic E-state index is 0.0208. The molecule has 1 heterocycles. The van der Waals surface area contributed by atoms with Gasteiger partial charge in [-0.3, -0.25) is 9.59 Å². The number of carbonyl (C=O) groups excluding carboxylic acids is 2. The van der Waals surface area contributed by atoms with Gasteiger partial charge in [-0.25, -0.2) is 0 Å². The molecule has 0 aromatic carbocycles. The molecule has 0 spiro atoms. The number of hydrogen-bond donors (Lipinski definition) is 1. The monoisotopic (exact) mass is 223 g/mol. The van der Waals surface area contributed by atoms with Gasteiger partial charge in [0.15, 0.2) is 6.29 Å². The molecule has 1 rings (SSSR count). The van der Waals surface area contributed by atoms with E-state index in [0.29, 0.717) is 6.54 Å². The molecule has 0 bridgehead atoms. The van der Waals surface area contributed by atoms with Crippen LogP contribution in [0, 0.1) is 0 Å². The third kappa shape index (κ3) is 4.08. The molecule has 0 saturated heterocycles. The second-order valence-corrected chi connectivity index (χ2v) is 3.82. The van der Waals surface area contributed by atoms with E-state index in [-0.39, 0.29) is 5.91 Å². The summed E-state index contributed by atoms with van der Waals surface area (Å²) in [7, 11) is 0. The van der Waals surface area contributed by atoms with Gasteiger partial charge in [-0.2, -0.15) is 11.3 Å². The molecule has 0 saturated carbocycles. The highest BCUT2D eigenvalue weighted by Crippen LogP contribution is 2.14. The number of nitrogens with one attached hydrogen (secondary N) is 1. The lowest BCUT2D eigenvalue weighted by Gasteiger charge is -1.96. The van der Waals surface area contributed by atoms with Gasteiger partial charge in [-0.05, 0) is 17.4 Å². The van der Waals surface area contributed by atoms with Gasteiger partial charge in [0.25, 0.3) is 0 Å². The van der Waals surface area contributed by atoms with Gasteiger partial charge in [0.1, 0.15) is 0 Å². The molecular weight excluding hydrogens is 210 g/mol. The van der Waals surface area contributed by atoms with E-state index >= 15 is 0 Å². The van der Waals surface area contributed by atoms with E-state index in [1.165, 1.54) is 18.3 Å². The third-order valence-electron chi connectivity index (χ3n) is 1.83. The average Bonchev–Trinajstić information content (AvgIpc) is 2.64. The van der Waals surface area contributed by atoms with Crippen LogP contribution in [0.1, 0.15) is 29.3 Å². The minimum atomic E-state index is -0.0208. The highest BCUT2D eigenvalue weighted by molar-refractivity contribution is 7.08. The van der Waals surface area contributed by atoms with Crippen LogP contribution in [0.5, 0.6) is 0 Å². The Morgan fingerprint density at radius 2 is 2.20 bits per heavy atom. The Hall–Kier alpha value is -1.42. The van der Waals surface area contributed by atoms with Crippen LogP contribution in [0.3, 0.4) is 0 Å². The van der Waals surface area contributed by atoms with Crippen molar-refractivity contribution in [3.05, 3.63) is 28.0 Å². The SMILES string of the molecule is CC(=O)NCCC=Cc1cscc1C=O. The van der Waals surface area contributed by atoms with Crippen molar-refractivity contribution in [2.45, 2.75) is 13.3 Å². The molecule has 1 N–H and O–H groups in total. The Balaban J connectivity index is 2.38. The van der Waals surface area contributed by atoms with Crippen LogP contribution in [0.15, 0.2) is 16.8 Å². The van der Waals surface area contributed by atoms with E-state index in [1.54, 1.807) is 0 Å². The van der Waals surface area contributed by atoms with Crippen molar-refractivity contribution in [2.75, 3.05) is 6.54 Å². The van der Waals surface area contributed by atoms with Crippen molar-refractivity contribution >= 4 is 29.6 Å². The Labute approximate surface area is 92.8 Å². The van der Waals surface area contributed by atoms with Crippen molar-refractivity contribution < 1.29 is 9.59 Å². The van der Waals surface area contributed by atoms with Crippen LogP contribution < -0.4 is 5.32 Å². The maximum absolute atomic E-state index is 10.6. The van der Waals surface area contributed by atoms with Gasteiger partial charge in [-0.1, -0.05) is 12.2 Å². The quantitative estimate of drug-likeness (QED) is 0.613. The normalized spacial score (nSPS) is 10.5. The molecule has 4 heteroatoms. The van der Waals surface area contributed by atoms with E-state index < -0.39 is 0 Å². The van der Waals surface area contributed by atoms with Crippen molar-refractivity contribution in [3.63, 3.8) is 0 Å². The van der Waals surface area contributed by atoms with E-state index in [2.05, 4.69) is 5.32 Å². The van der Waals surface area contributed by atoms with Crippen LogP contribution in [-0.2, 0) is 4.79 Å². The summed E-state index contributed by atoms with van der Waals surface area (Å²) in [6.07, 6.45) is 5.48. The molecule has 1 amide bonds. The van der Waals surface area contributed by atoms with Crippen LogP contribution in [0.4, 0.5) is 0 Å². The zero-order chi connectivity index (χ0) is 11.1. The van der Waals surface area contributed by atoms with Gasteiger partial charge in [-0.15, -0.1) is 0 Å². The van der Waals surface area contributed by atoms with Crippen LogP contribution >= 0.6 is 11.3 Å². The predicted octanol–water partition coefficient (Wildman–Crippen LogP) is 2.10. The summed E-state index contributed by atoms with van der Waals surface area (Å²) in [6.45, 7) is 2.12. The van der Waals surface area contributed by atoms with Gasteiger partial charge >= 0.3 is 0 Å². The molecule has 1 aromatic heterocycles. The van der Waals surface area contributed by atoms with Gasteiger partial charge in [0, 0.05) is 24.4 Å². The number of aldehydes is 1. The molecule has 0 aliphatic carbocycles. The average molecular weight is 223 g/mol. The summed E-state index contributed by atoms with van der Waals surface area (Å²) in [5, 5.41) is 6.45. The molecule has 80 valence electrons. The second-order valence-electron chi connectivity index (χ2n) is 3.07. The molecule has 15 heavy (non-hydrogen) atoms. The number of hydrogen-bond acceptors (Lipinski definition) is 3. The molecule has 1 aromatic rings. The summed E-state index contributed by atoms with van der Waals surface area (Å²) < 4.78 is 0. The number of rotatable bonds is 5.